The van der Waals surface area contributed by atoms with Crippen molar-refractivity contribution in [2.24, 2.45) is 5.41 Å². The second kappa shape index (κ2) is 5.04. The molecule has 0 spiro atoms. The Balaban J connectivity index is 1.82. The van der Waals surface area contributed by atoms with Crippen molar-refractivity contribution < 1.29 is 4.74 Å². The van der Waals surface area contributed by atoms with Gasteiger partial charge in [0.2, 0.25) is 0 Å². The van der Waals surface area contributed by atoms with Gasteiger partial charge in [0, 0.05) is 35.7 Å². The highest BCUT2D eigenvalue weighted by atomic mass is 32.1. The molecule has 1 heterocycles. The predicted octanol–water partition coefficient (Wildman–Crippen LogP) is 2.74. The van der Waals surface area contributed by atoms with Gasteiger partial charge in [-0.25, -0.2) is 4.98 Å². The Morgan fingerprint density at radius 3 is 2.88 bits per heavy atom. The Morgan fingerprint density at radius 1 is 1.59 bits per heavy atom. The second-order valence-electron chi connectivity index (χ2n) is 5.30. The fraction of sp³-hybridized carbons (Fsp3) is 0.769. The minimum absolute atomic E-state index is 0.238. The summed E-state index contributed by atoms with van der Waals surface area (Å²) in [6.45, 7) is 10.4. The Morgan fingerprint density at radius 2 is 2.35 bits per heavy atom. The summed E-state index contributed by atoms with van der Waals surface area (Å²) in [5, 5.41) is 4.77. The van der Waals surface area contributed by atoms with Crippen molar-refractivity contribution in [2.75, 3.05) is 6.61 Å². The average Bonchev–Trinajstić information content (AvgIpc) is 2.68. The number of ether oxygens (including phenoxy) is 1. The summed E-state index contributed by atoms with van der Waals surface area (Å²) in [6.07, 6.45) is 3.46. The lowest BCUT2D eigenvalue weighted by Crippen LogP contribution is -2.60. The molecular weight excluding hydrogens is 232 g/mol. The molecule has 2 atom stereocenters. The quantitative estimate of drug-likeness (QED) is 0.877. The van der Waals surface area contributed by atoms with Gasteiger partial charge in [0.15, 0.2) is 0 Å². The first-order valence-electron chi connectivity index (χ1n) is 6.30. The van der Waals surface area contributed by atoms with E-state index in [-0.39, 0.29) is 5.41 Å². The van der Waals surface area contributed by atoms with E-state index in [4.69, 9.17) is 4.74 Å². The summed E-state index contributed by atoms with van der Waals surface area (Å²) in [7, 11) is 0. The summed E-state index contributed by atoms with van der Waals surface area (Å²) in [4.78, 5) is 5.65. The SMILES string of the molecule is CCO[C@H]1C[C@@H](NCc2ncc(C)s2)C1(C)C. The standard InChI is InChI=1S/C13H22N2OS/c1-5-16-11-6-10(13(11,3)4)14-8-12-15-7-9(2)17-12/h7,10-11,14H,5-6,8H2,1-4H3/t10-,11+/m1/s1. The van der Waals surface area contributed by atoms with Crippen LogP contribution in [0, 0.1) is 12.3 Å². The number of nitrogens with one attached hydrogen (secondary N) is 1. The summed E-state index contributed by atoms with van der Waals surface area (Å²) in [5.41, 5.74) is 0.238. The van der Waals surface area contributed by atoms with Crippen LogP contribution in [0.15, 0.2) is 6.20 Å². The molecule has 0 aromatic carbocycles. The molecule has 1 N–H and O–H groups in total. The van der Waals surface area contributed by atoms with E-state index in [1.54, 1.807) is 11.3 Å². The fourth-order valence-corrected chi connectivity index (χ4v) is 3.15. The number of nitrogens with zero attached hydrogens (tertiary/aromatic N) is 1. The van der Waals surface area contributed by atoms with Crippen LogP contribution in [0.25, 0.3) is 0 Å². The highest BCUT2D eigenvalue weighted by molar-refractivity contribution is 7.11. The minimum atomic E-state index is 0.238. The van der Waals surface area contributed by atoms with E-state index in [1.807, 2.05) is 6.20 Å². The lowest BCUT2D eigenvalue weighted by atomic mass is 9.64. The van der Waals surface area contributed by atoms with Crippen LogP contribution in [0.2, 0.25) is 0 Å². The normalized spacial score (nSPS) is 26.8. The van der Waals surface area contributed by atoms with Crippen LogP contribution < -0.4 is 5.32 Å². The van der Waals surface area contributed by atoms with E-state index in [1.165, 1.54) is 9.88 Å². The van der Waals surface area contributed by atoms with Gasteiger partial charge in [-0.05, 0) is 20.3 Å². The lowest BCUT2D eigenvalue weighted by molar-refractivity contribution is -0.114. The monoisotopic (exact) mass is 254 g/mol. The smallest absolute Gasteiger partial charge is 0.107 e. The second-order valence-corrected chi connectivity index (χ2v) is 6.62. The molecule has 1 aliphatic rings. The van der Waals surface area contributed by atoms with Crippen LogP contribution in [0.4, 0.5) is 0 Å². The molecule has 0 unspecified atom stereocenters. The van der Waals surface area contributed by atoms with E-state index in [0.29, 0.717) is 12.1 Å². The lowest BCUT2D eigenvalue weighted by Gasteiger charge is -2.51. The maximum atomic E-state index is 5.73. The molecule has 1 fully saturated rings. The molecule has 17 heavy (non-hydrogen) atoms. The van der Waals surface area contributed by atoms with Gasteiger partial charge in [-0.2, -0.15) is 0 Å². The van der Waals surface area contributed by atoms with Gasteiger partial charge in [-0.1, -0.05) is 13.8 Å². The minimum Gasteiger partial charge on any atom is -0.378 e. The van der Waals surface area contributed by atoms with Crippen molar-refractivity contribution in [3.05, 3.63) is 16.1 Å². The third kappa shape index (κ3) is 2.69. The molecule has 1 aromatic rings. The topological polar surface area (TPSA) is 34.1 Å². The van der Waals surface area contributed by atoms with E-state index < -0.39 is 0 Å². The largest absolute Gasteiger partial charge is 0.378 e. The fourth-order valence-electron chi connectivity index (χ4n) is 2.41. The number of hydrogen-bond donors (Lipinski definition) is 1. The van der Waals surface area contributed by atoms with Gasteiger partial charge in [0.1, 0.15) is 5.01 Å². The molecule has 4 heteroatoms. The number of hydrogen-bond acceptors (Lipinski definition) is 4. The van der Waals surface area contributed by atoms with Crippen LogP contribution in [0.5, 0.6) is 0 Å². The van der Waals surface area contributed by atoms with Crippen LogP contribution >= 0.6 is 11.3 Å². The van der Waals surface area contributed by atoms with Crippen molar-refractivity contribution in [1.29, 1.82) is 0 Å². The first kappa shape index (κ1) is 13.0. The van der Waals surface area contributed by atoms with Crippen LogP contribution in [0.3, 0.4) is 0 Å². The van der Waals surface area contributed by atoms with Crippen LogP contribution in [0.1, 0.15) is 37.1 Å². The third-order valence-corrected chi connectivity index (χ3v) is 4.63. The number of aromatic nitrogens is 1. The molecule has 1 saturated carbocycles. The highest BCUT2D eigenvalue weighted by Crippen LogP contribution is 2.42. The molecule has 1 aromatic heterocycles. The predicted molar refractivity (Wildman–Crippen MR) is 71.3 cm³/mol. The van der Waals surface area contributed by atoms with E-state index in [2.05, 4.69) is 38.0 Å². The molecular formula is C13H22N2OS. The number of aryl methyl sites for hydroxylation is 1. The maximum Gasteiger partial charge on any atom is 0.107 e. The van der Waals surface area contributed by atoms with Gasteiger partial charge >= 0.3 is 0 Å². The molecule has 3 nitrogen and oxygen atoms in total. The van der Waals surface area contributed by atoms with Gasteiger partial charge < -0.3 is 10.1 Å². The Hall–Kier alpha value is -0.450. The zero-order valence-electron chi connectivity index (χ0n) is 11.1. The molecule has 0 radical (unpaired) electrons. The van der Waals surface area contributed by atoms with Gasteiger partial charge in [0.05, 0.1) is 6.10 Å². The third-order valence-electron chi connectivity index (χ3n) is 3.71. The van der Waals surface area contributed by atoms with Crippen molar-refractivity contribution in [1.82, 2.24) is 10.3 Å². The van der Waals surface area contributed by atoms with E-state index >= 15 is 0 Å². The maximum absolute atomic E-state index is 5.73. The summed E-state index contributed by atoms with van der Waals surface area (Å²) in [5.74, 6) is 0. The molecule has 1 aliphatic carbocycles. The van der Waals surface area contributed by atoms with Gasteiger partial charge in [-0.15, -0.1) is 11.3 Å². The zero-order chi connectivity index (χ0) is 12.5. The molecule has 0 aliphatic heterocycles. The molecule has 0 amide bonds. The van der Waals surface area contributed by atoms with Crippen molar-refractivity contribution >= 4 is 11.3 Å². The summed E-state index contributed by atoms with van der Waals surface area (Å²) in [6, 6.07) is 0.545. The number of thiazole rings is 1. The summed E-state index contributed by atoms with van der Waals surface area (Å²) < 4.78 is 5.73. The van der Waals surface area contributed by atoms with Crippen LogP contribution in [-0.2, 0) is 11.3 Å². The van der Waals surface area contributed by atoms with Crippen molar-refractivity contribution in [2.45, 2.75) is 52.8 Å². The number of rotatable bonds is 5. The first-order chi connectivity index (χ1) is 8.04. The zero-order valence-corrected chi connectivity index (χ0v) is 11.9. The molecule has 2 rings (SSSR count). The van der Waals surface area contributed by atoms with E-state index in [0.717, 1.165) is 19.6 Å². The van der Waals surface area contributed by atoms with Crippen LogP contribution in [-0.4, -0.2) is 23.7 Å². The van der Waals surface area contributed by atoms with Gasteiger partial charge in [-0.3, -0.25) is 0 Å². The van der Waals surface area contributed by atoms with Crippen molar-refractivity contribution in [3.63, 3.8) is 0 Å². The molecule has 0 saturated heterocycles. The molecule has 96 valence electrons. The average molecular weight is 254 g/mol. The Labute approximate surface area is 108 Å². The Kier molecular flexibility index (Phi) is 3.85. The molecule has 0 bridgehead atoms. The van der Waals surface area contributed by atoms with Crippen molar-refractivity contribution in [3.8, 4) is 0 Å². The van der Waals surface area contributed by atoms with E-state index in [9.17, 15) is 0 Å². The summed E-state index contributed by atoms with van der Waals surface area (Å²) >= 11 is 1.77. The van der Waals surface area contributed by atoms with Gasteiger partial charge in [0.25, 0.3) is 0 Å². The Bertz CT molecular complexity index is 375. The first-order valence-corrected chi connectivity index (χ1v) is 7.12. The highest BCUT2D eigenvalue weighted by Gasteiger charge is 2.48.